The SMILES string of the molecule is CCOC(=O)/C(C#N)=C\c1ccc(NC)cc1. The molecule has 88 valence electrons. The molecule has 0 aromatic heterocycles. The first kappa shape index (κ1) is 12.8. The fourth-order valence-corrected chi connectivity index (χ4v) is 1.26. The number of nitriles is 1. The molecule has 4 heteroatoms. The third-order valence-electron chi connectivity index (χ3n) is 2.13. The van der Waals surface area contributed by atoms with Crippen LogP contribution in [-0.2, 0) is 9.53 Å². The number of ether oxygens (including phenoxy) is 1. The molecule has 0 saturated heterocycles. The summed E-state index contributed by atoms with van der Waals surface area (Å²) in [7, 11) is 1.82. The van der Waals surface area contributed by atoms with Gasteiger partial charge in [-0.25, -0.2) is 4.79 Å². The molecule has 1 aromatic rings. The van der Waals surface area contributed by atoms with Gasteiger partial charge in [0, 0.05) is 12.7 Å². The second kappa shape index (κ2) is 6.33. The van der Waals surface area contributed by atoms with Crippen LogP contribution in [0.2, 0.25) is 0 Å². The molecule has 0 bridgehead atoms. The largest absolute Gasteiger partial charge is 0.462 e. The van der Waals surface area contributed by atoms with Gasteiger partial charge in [-0.15, -0.1) is 0 Å². The standard InChI is InChI=1S/C13H14N2O2/c1-3-17-13(16)11(9-14)8-10-4-6-12(15-2)7-5-10/h4-8,15H,3H2,1-2H3/b11-8-. The highest BCUT2D eigenvalue weighted by Crippen LogP contribution is 2.12. The molecule has 0 aliphatic heterocycles. The molecule has 1 N–H and O–H groups in total. The average Bonchev–Trinajstić information content (AvgIpc) is 2.37. The van der Waals surface area contributed by atoms with Gasteiger partial charge in [-0.05, 0) is 30.7 Å². The van der Waals surface area contributed by atoms with Gasteiger partial charge in [-0.3, -0.25) is 0 Å². The smallest absolute Gasteiger partial charge is 0.348 e. The van der Waals surface area contributed by atoms with E-state index in [0.717, 1.165) is 11.3 Å². The summed E-state index contributed by atoms with van der Waals surface area (Å²) < 4.78 is 4.77. The minimum Gasteiger partial charge on any atom is -0.462 e. The second-order valence-corrected chi connectivity index (χ2v) is 3.26. The molecule has 17 heavy (non-hydrogen) atoms. The molecule has 0 fully saturated rings. The minimum absolute atomic E-state index is 0.00376. The number of carbonyl (C=O) groups is 1. The number of benzene rings is 1. The first-order valence-corrected chi connectivity index (χ1v) is 5.28. The molecule has 0 aliphatic rings. The minimum atomic E-state index is -0.590. The van der Waals surface area contributed by atoms with E-state index in [2.05, 4.69) is 5.32 Å². The van der Waals surface area contributed by atoms with Crippen molar-refractivity contribution in [1.82, 2.24) is 0 Å². The van der Waals surface area contributed by atoms with Gasteiger partial charge in [-0.2, -0.15) is 5.26 Å². The van der Waals surface area contributed by atoms with Crippen LogP contribution in [0.1, 0.15) is 12.5 Å². The van der Waals surface area contributed by atoms with Crippen molar-refractivity contribution in [1.29, 1.82) is 5.26 Å². The molecule has 0 spiro atoms. The second-order valence-electron chi connectivity index (χ2n) is 3.26. The van der Waals surface area contributed by atoms with Gasteiger partial charge in [0.05, 0.1) is 6.61 Å². The number of rotatable bonds is 4. The summed E-state index contributed by atoms with van der Waals surface area (Å²) in [6.45, 7) is 1.96. The Morgan fingerprint density at radius 1 is 1.47 bits per heavy atom. The summed E-state index contributed by atoms with van der Waals surface area (Å²) in [5.74, 6) is -0.590. The van der Waals surface area contributed by atoms with Gasteiger partial charge in [0.1, 0.15) is 11.6 Å². The first-order valence-electron chi connectivity index (χ1n) is 5.28. The van der Waals surface area contributed by atoms with E-state index < -0.39 is 5.97 Å². The maximum atomic E-state index is 11.4. The van der Waals surface area contributed by atoms with Crippen LogP contribution in [0, 0.1) is 11.3 Å². The first-order chi connectivity index (χ1) is 8.21. The van der Waals surface area contributed by atoms with Crippen LogP contribution >= 0.6 is 0 Å². The van der Waals surface area contributed by atoms with Gasteiger partial charge in [0.15, 0.2) is 0 Å². The fourth-order valence-electron chi connectivity index (χ4n) is 1.26. The molecule has 0 atom stereocenters. The van der Waals surface area contributed by atoms with Crippen LogP contribution in [0.15, 0.2) is 29.8 Å². The van der Waals surface area contributed by atoms with Gasteiger partial charge >= 0.3 is 5.97 Å². The zero-order chi connectivity index (χ0) is 12.7. The number of nitrogens with one attached hydrogen (secondary N) is 1. The zero-order valence-corrected chi connectivity index (χ0v) is 9.86. The Labute approximate surface area is 101 Å². The Balaban J connectivity index is 2.91. The zero-order valence-electron chi connectivity index (χ0n) is 9.86. The molecule has 0 heterocycles. The van der Waals surface area contributed by atoms with Gasteiger partial charge < -0.3 is 10.1 Å². The maximum Gasteiger partial charge on any atom is 0.348 e. The molecule has 0 radical (unpaired) electrons. The summed E-state index contributed by atoms with van der Waals surface area (Å²) in [5, 5.41) is 11.8. The van der Waals surface area contributed by atoms with Crippen molar-refractivity contribution in [2.24, 2.45) is 0 Å². The Morgan fingerprint density at radius 2 is 2.12 bits per heavy atom. The summed E-state index contributed by atoms with van der Waals surface area (Å²) in [4.78, 5) is 11.4. The number of hydrogen-bond donors (Lipinski definition) is 1. The molecular formula is C13H14N2O2. The number of nitrogens with zero attached hydrogens (tertiary/aromatic N) is 1. The monoisotopic (exact) mass is 230 g/mol. The quantitative estimate of drug-likeness (QED) is 0.489. The van der Waals surface area contributed by atoms with E-state index in [1.165, 1.54) is 6.08 Å². The topological polar surface area (TPSA) is 62.1 Å². The molecule has 0 unspecified atom stereocenters. The predicted molar refractivity (Wildman–Crippen MR) is 66.2 cm³/mol. The molecule has 1 aromatic carbocycles. The highest BCUT2D eigenvalue weighted by Gasteiger charge is 2.09. The van der Waals surface area contributed by atoms with Crippen LogP contribution in [0.3, 0.4) is 0 Å². The van der Waals surface area contributed by atoms with Crippen molar-refractivity contribution in [3.8, 4) is 6.07 Å². The van der Waals surface area contributed by atoms with E-state index in [-0.39, 0.29) is 12.2 Å². The number of esters is 1. The van der Waals surface area contributed by atoms with E-state index in [1.54, 1.807) is 6.92 Å². The summed E-state index contributed by atoms with van der Waals surface area (Å²) in [6, 6.07) is 9.21. The van der Waals surface area contributed by atoms with Crippen molar-refractivity contribution in [3.05, 3.63) is 35.4 Å². The highest BCUT2D eigenvalue weighted by molar-refractivity contribution is 5.97. The molecule has 0 saturated carbocycles. The Kier molecular flexibility index (Phi) is 4.77. The average molecular weight is 230 g/mol. The van der Waals surface area contributed by atoms with Crippen LogP contribution in [0.5, 0.6) is 0 Å². The van der Waals surface area contributed by atoms with Crippen molar-refractivity contribution < 1.29 is 9.53 Å². The molecule has 0 amide bonds. The van der Waals surface area contributed by atoms with E-state index in [4.69, 9.17) is 10.00 Å². The number of carbonyl (C=O) groups excluding carboxylic acids is 1. The highest BCUT2D eigenvalue weighted by atomic mass is 16.5. The van der Waals surface area contributed by atoms with E-state index in [0.29, 0.717) is 0 Å². The summed E-state index contributed by atoms with van der Waals surface area (Å²) in [6.07, 6.45) is 1.51. The van der Waals surface area contributed by atoms with E-state index in [1.807, 2.05) is 37.4 Å². The van der Waals surface area contributed by atoms with Crippen LogP contribution < -0.4 is 5.32 Å². The third-order valence-corrected chi connectivity index (χ3v) is 2.13. The maximum absolute atomic E-state index is 11.4. The Hall–Kier alpha value is -2.28. The Bertz CT molecular complexity index is 455. The van der Waals surface area contributed by atoms with Crippen LogP contribution in [0.25, 0.3) is 6.08 Å². The predicted octanol–water partition coefficient (Wildman–Crippen LogP) is 2.20. The van der Waals surface area contributed by atoms with Gasteiger partial charge in [-0.1, -0.05) is 12.1 Å². The fraction of sp³-hybridized carbons (Fsp3) is 0.231. The van der Waals surface area contributed by atoms with Crippen LogP contribution in [-0.4, -0.2) is 19.6 Å². The summed E-state index contributed by atoms with van der Waals surface area (Å²) in [5.41, 5.74) is 1.76. The Morgan fingerprint density at radius 3 is 2.59 bits per heavy atom. The van der Waals surface area contributed by atoms with Crippen LogP contribution in [0.4, 0.5) is 5.69 Å². The van der Waals surface area contributed by atoms with Crippen molar-refractivity contribution in [3.63, 3.8) is 0 Å². The lowest BCUT2D eigenvalue weighted by Crippen LogP contribution is -2.05. The molecule has 4 nitrogen and oxygen atoms in total. The number of anilines is 1. The van der Waals surface area contributed by atoms with Gasteiger partial charge in [0.25, 0.3) is 0 Å². The molecule has 0 aliphatic carbocycles. The van der Waals surface area contributed by atoms with Crippen molar-refractivity contribution in [2.45, 2.75) is 6.92 Å². The normalized spacial score (nSPS) is 10.5. The van der Waals surface area contributed by atoms with E-state index >= 15 is 0 Å². The molecular weight excluding hydrogens is 216 g/mol. The van der Waals surface area contributed by atoms with Gasteiger partial charge in [0.2, 0.25) is 0 Å². The number of hydrogen-bond acceptors (Lipinski definition) is 4. The third kappa shape index (κ3) is 3.65. The lowest BCUT2D eigenvalue weighted by molar-refractivity contribution is -0.137. The van der Waals surface area contributed by atoms with Crippen molar-refractivity contribution in [2.75, 3.05) is 19.0 Å². The summed E-state index contributed by atoms with van der Waals surface area (Å²) >= 11 is 0. The van der Waals surface area contributed by atoms with Crippen molar-refractivity contribution >= 4 is 17.7 Å². The van der Waals surface area contributed by atoms with E-state index in [9.17, 15) is 4.79 Å². The molecule has 1 rings (SSSR count). The lowest BCUT2D eigenvalue weighted by Gasteiger charge is -2.01. The lowest BCUT2D eigenvalue weighted by atomic mass is 10.1.